The molecule has 466 valence electrons. The molecule has 0 aromatic carbocycles. The number of allylic oxidation sites excluding steroid dienone is 16. The zero-order chi connectivity index (χ0) is 58.5. The summed E-state index contributed by atoms with van der Waals surface area (Å²) in [6.45, 7) is 6.54. The molecule has 0 saturated heterocycles. The van der Waals surface area contributed by atoms with E-state index >= 15 is 0 Å². The first-order chi connectivity index (χ1) is 40.0. The third-order valence-electron chi connectivity index (χ3n) is 15.1. The molecule has 1 unspecified atom stereocenters. The van der Waals surface area contributed by atoms with E-state index in [1.807, 2.05) is 0 Å². The molecule has 0 heterocycles. The van der Waals surface area contributed by atoms with Gasteiger partial charge in [0.1, 0.15) is 13.2 Å². The van der Waals surface area contributed by atoms with Crippen molar-refractivity contribution in [2.24, 2.45) is 0 Å². The van der Waals surface area contributed by atoms with Crippen LogP contribution in [0.25, 0.3) is 0 Å². The lowest BCUT2D eigenvalue weighted by Gasteiger charge is -2.18. The standard InChI is InChI=1S/C75H130O6/c1-4-7-10-13-16-19-22-25-28-31-32-33-34-35-36-37-38-39-40-41-42-45-47-50-53-56-59-62-65-68-74(77)80-71-72(81-75(78)69-66-63-60-57-54-51-48-44-30-27-24-21-18-15-12-9-6-3)70-79-73(76)67-64-61-58-55-52-49-46-43-29-26-23-20-17-14-11-8-5-2/h7,10,16,18-19,21,25,27-28,30,32-33,35-36,38-39,72H,4-6,8-9,11-15,17,20,22-24,26,29,31,34,37,40-71H2,1-3H3/b10-7-,19-16-,21-18-,28-25-,30-27-,33-32-,36-35-,39-38-. The van der Waals surface area contributed by atoms with Crippen LogP contribution in [0, 0.1) is 0 Å². The van der Waals surface area contributed by atoms with Gasteiger partial charge in [-0.1, -0.05) is 317 Å². The summed E-state index contributed by atoms with van der Waals surface area (Å²) in [6.07, 6.45) is 92.7. The highest BCUT2D eigenvalue weighted by molar-refractivity contribution is 5.71. The van der Waals surface area contributed by atoms with E-state index in [4.69, 9.17) is 14.2 Å². The van der Waals surface area contributed by atoms with Gasteiger partial charge >= 0.3 is 17.9 Å². The van der Waals surface area contributed by atoms with E-state index in [0.717, 1.165) is 109 Å². The second-order valence-corrected chi connectivity index (χ2v) is 23.1. The molecule has 0 bridgehead atoms. The largest absolute Gasteiger partial charge is 0.462 e. The summed E-state index contributed by atoms with van der Waals surface area (Å²) >= 11 is 0. The van der Waals surface area contributed by atoms with Crippen LogP contribution < -0.4 is 0 Å². The van der Waals surface area contributed by atoms with Crippen molar-refractivity contribution in [3.8, 4) is 0 Å². The van der Waals surface area contributed by atoms with Gasteiger partial charge in [0.05, 0.1) is 0 Å². The molecule has 0 aliphatic rings. The van der Waals surface area contributed by atoms with Gasteiger partial charge in [0.15, 0.2) is 6.10 Å². The molecular weight excluding hydrogens is 997 g/mol. The van der Waals surface area contributed by atoms with E-state index < -0.39 is 6.10 Å². The normalized spacial score (nSPS) is 12.7. The summed E-state index contributed by atoms with van der Waals surface area (Å²) in [7, 11) is 0. The van der Waals surface area contributed by atoms with Crippen LogP contribution in [-0.2, 0) is 28.6 Å². The van der Waals surface area contributed by atoms with Gasteiger partial charge in [0.25, 0.3) is 0 Å². The fourth-order valence-corrected chi connectivity index (χ4v) is 9.89. The first kappa shape index (κ1) is 77.3. The van der Waals surface area contributed by atoms with Crippen molar-refractivity contribution in [2.75, 3.05) is 13.2 Å². The number of carbonyl (C=O) groups is 3. The van der Waals surface area contributed by atoms with Crippen LogP contribution >= 0.6 is 0 Å². The van der Waals surface area contributed by atoms with Crippen molar-refractivity contribution in [3.05, 3.63) is 97.2 Å². The van der Waals surface area contributed by atoms with E-state index in [2.05, 4.69) is 118 Å². The quantitative estimate of drug-likeness (QED) is 0.0261. The van der Waals surface area contributed by atoms with E-state index in [-0.39, 0.29) is 31.1 Å². The van der Waals surface area contributed by atoms with Crippen LogP contribution in [0.3, 0.4) is 0 Å². The number of carbonyl (C=O) groups excluding carboxylic acids is 3. The number of hydrogen-bond acceptors (Lipinski definition) is 6. The molecule has 6 heteroatoms. The zero-order valence-electron chi connectivity index (χ0n) is 53.5. The van der Waals surface area contributed by atoms with Gasteiger partial charge in [-0.3, -0.25) is 14.4 Å². The summed E-state index contributed by atoms with van der Waals surface area (Å²) in [5.41, 5.74) is 0. The van der Waals surface area contributed by atoms with E-state index in [1.54, 1.807) is 0 Å². The molecule has 0 amide bonds. The van der Waals surface area contributed by atoms with Crippen LogP contribution in [0.15, 0.2) is 97.2 Å². The van der Waals surface area contributed by atoms with Gasteiger partial charge in [0, 0.05) is 19.3 Å². The van der Waals surface area contributed by atoms with Crippen LogP contribution in [0.4, 0.5) is 0 Å². The summed E-state index contributed by atoms with van der Waals surface area (Å²) in [4.78, 5) is 38.4. The minimum absolute atomic E-state index is 0.0782. The molecule has 0 radical (unpaired) electrons. The molecule has 0 N–H and O–H groups in total. The minimum Gasteiger partial charge on any atom is -0.462 e. The Balaban J connectivity index is 4.32. The summed E-state index contributed by atoms with van der Waals surface area (Å²) in [6, 6.07) is 0. The predicted octanol–water partition coefficient (Wildman–Crippen LogP) is 24.0. The maximum atomic E-state index is 12.9. The van der Waals surface area contributed by atoms with E-state index in [0.29, 0.717) is 19.3 Å². The second kappa shape index (κ2) is 68.8. The average Bonchev–Trinajstić information content (AvgIpc) is 3.47. The van der Waals surface area contributed by atoms with Crippen molar-refractivity contribution in [1.82, 2.24) is 0 Å². The molecule has 0 aromatic rings. The molecule has 0 fully saturated rings. The number of ether oxygens (including phenoxy) is 3. The maximum absolute atomic E-state index is 12.9. The Bertz CT molecular complexity index is 1580. The zero-order valence-corrected chi connectivity index (χ0v) is 53.5. The molecule has 0 aliphatic carbocycles. The second-order valence-electron chi connectivity index (χ2n) is 23.1. The Labute approximate surface area is 502 Å². The van der Waals surface area contributed by atoms with Crippen molar-refractivity contribution in [1.29, 1.82) is 0 Å². The highest BCUT2D eigenvalue weighted by Gasteiger charge is 2.19. The average molecular weight is 1130 g/mol. The molecule has 81 heavy (non-hydrogen) atoms. The molecule has 0 spiro atoms. The molecule has 0 saturated carbocycles. The molecule has 0 aliphatic heterocycles. The number of esters is 3. The third kappa shape index (κ3) is 67.0. The highest BCUT2D eigenvalue weighted by Crippen LogP contribution is 2.17. The van der Waals surface area contributed by atoms with Crippen LogP contribution in [0.1, 0.15) is 342 Å². The van der Waals surface area contributed by atoms with Crippen molar-refractivity contribution < 1.29 is 28.6 Å². The Morgan fingerprint density at radius 2 is 0.481 bits per heavy atom. The smallest absolute Gasteiger partial charge is 0.306 e. The van der Waals surface area contributed by atoms with Gasteiger partial charge in [0.2, 0.25) is 0 Å². The van der Waals surface area contributed by atoms with E-state index in [1.165, 1.54) is 193 Å². The first-order valence-electron chi connectivity index (χ1n) is 34.7. The molecule has 1 atom stereocenters. The van der Waals surface area contributed by atoms with Crippen LogP contribution in [0.5, 0.6) is 0 Å². The summed E-state index contributed by atoms with van der Waals surface area (Å²) in [5, 5.41) is 0. The lowest BCUT2D eigenvalue weighted by Crippen LogP contribution is -2.30. The lowest BCUT2D eigenvalue weighted by atomic mass is 10.0. The molecule has 0 aromatic heterocycles. The van der Waals surface area contributed by atoms with Crippen molar-refractivity contribution in [3.63, 3.8) is 0 Å². The lowest BCUT2D eigenvalue weighted by molar-refractivity contribution is -0.167. The number of rotatable bonds is 63. The van der Waals surface area contributed by atoms with Crippen molar-refractivity contribution >= 4 is 17.9 Å². The Morgan fingerprint density at radius 3 is 0.778 bits per heavy atom. The van der Waals surface area contributed by atoms with Crippen molar-refractivity contribution in [2.45, 2.75) is 348 Å². The fourth-order valence-electron chi connectivity index (χ4n) is 9.89. The van der Waals surface area contributed by atoms with Gasteiger partial charge in [-0.15, -0.1) is 0 Å². The summed E-state index contributed by atoms with van der Waals surface area (Å²) < 4.78 is 17.0. The van der Waals surface area contributed by atoms with Gasteiger partial charge < -0.3 is 14.2 Å². The Morgan fingerprint density at radius 1 is 0.259 bits per heavy atom. The van der Waals surface area contributed by atoms with Gasteiger partial charge in [-0.05, 0) is 103 Å². The van der Waals surface area contributed by atoms with Gasteiger partial charge in [-0.2, -0.15) is 0 Å². The highest BCUT2D eigenvalue weighted by atomic mass is 16.6. The molecule has 6 nitrogen and oxygen atoms in total. The molecule has 0 rings (SSSR count). The van der Waals surface area contributed by atoms with Crippen LogP contribution in [0.2, 0.25) is 0 Å². The Hall–Kier alpha value is -3.67. The topological polar surface area (TPSA) is 78.9 Å². The summed E-state index contributed by atoms with van der Waals surface area (Å²) in [5.74, 6) is -0.874. The minimum atomic E-state index is -0.784. The SMILES string of the molecule is CC/C=C\C/C=C\C/C=C\C/C=C\C/C=C\C/C=C\CCCCCCCCCCCCC(=O)OCC(COC(=O)CCCCCCCCCCCCCCCCCCC)OC(=O)CCCCCCCCC/C=C\C/C=C\CCCCC. The number of unbranched alkanes of at least 4 members (excludes halogenated alkanes) is 36. The molecular formula is C75H130O6. The fraction of sp³-hybridized carbons (Fsp3) is 0.747. The third-order valence-corrected chi connectivity index (χ3v) is 15.1. The maximum Gasteiger partial charge on any atom is 0.306 e. The predicted molar refractivity (Wildman–Crippen MR) is 353 cm³/mol. The first-order valence-corrected chi connectivity index (χ1v) is 34.7. The number of hydrogen-bond donors (Lipinski definition) is 0. The van der Waals surface area contributed by atoms with Crippen LogP contribution in [-0.4, -0.2) is 37.2 Å². The van der Waals surface area contributed by atoms with E-state index in [9.17, 15) is 14.4 Å². The Kier molecular flexibility index (Phi) is 65.7. The van der Waals surface area contributed by atoms with Gasteiger partial charge in [-0.25, -0.2) is 0 Å². The monoisotopic (exact) mass is 1130 g/mol.